The summed E-state index contributed by atoms with van der Waals surface area (Å²) in [6.07, 6.45) is -7.82. The molecule has 0 bridgehead atoms. The maximum Gasteiger partial charge on any atom is 0.434 e. The van der Waals surface area contributed by atoms with Gasteiger partial charge in [-0.05, 0) is 18.2 Å². The number of benzene rings is 1. The summed E-state index contributed by atoms with van der Waals surface area (Å²) in [4.78, 5) is 11.8. The topological polar surface area (TPSA) is 46.9 Å². The van der Waals surface area contributed by atoms with Gasteiger partial charge >= 0.3 is 12.4 Å². The standard InChI is InChI=1S/C15H11F6N3O/c1-2-6-22-13(25)11-8-23-24(12(11)15(19,20)21)10-5-3-4-9(7-10)14(16,17)18/h2-5,7-8H,1,6H2,(H,22,25). The molecular formula is C15H11F6N3O. The molecule has 0 unspecified atom stereocenters. The fraction of sp³-hybridized carbons (Fsp3) is 0.200. The van der Waals surface area contributed by atoms with Gasteiger partial charge in [-0.3, -0.25) is 4.79 Å². The van der Waals surface area contributed by atoms with Gasteiger partial charge in [0.05, 0.1) is 23.0 Å². The van der Waals surface area contributed by atoms with Crippen molar-refractivity contribution in [3.05, 3.63) is 59.9 Å². The van der Waals surface area contributed by atoms with Crippen LogP contribution in [0.25, 0.3) is 5.69 Å². The minimum atomic E-state index is -5.01. The Bertz CT molecular complexity index is 791. The van der Waals surface area contributed by atoms with Crippen LogP contribution >= 0.6 is 0 Å². The van der Waals surface area contributed by atoms with Crippen LogP contribution in [0.5, 0.6) is 0 Å². The second-order valence-corrected chi connectivity index (χ2v) is 4.86. The number of aromatic nitrogens is 2. The maximum absolute atomic E-state index is 13.4. The van der Waals surface area contributed by atoms with Gasteiger partial charge in [0.15, 0.2) is 5.69 Å². The molecule has 0 radical (unpaired) electrons. The Labute approximate surface area is 137 Å². The lowest BCUT2D eigenvalue weighted by atomic mass is 10.1. The first-order valence-corrected chi connectivity index (χ1v) is 6.77. The van der Waals surface area contributed by atoms with Crippen molar-refractivity contribution in [1.82, 2.24) is 15.1 Å². The summed E-state index contributed by atoms with van der Waals surface area (Å²) in [5.74, 6) is -1.06. The normalized spacial score (nSPS) is 12.1. The Morgan fingerprint density at radius 1 is 1.20 bits per heavy atom. The van der Waals surface area contributed by atoms with E-state index < -0.39 is 40.8 Å². The van der Waals surface area contributed by atoms with E-state index in [4.69, 9.17) is 0 Å². The largest absolute Gasteiger partial charge is 0.434 e. The van der Waals surface area contributed by atoms with Crippen molar-refractivity contribution in [2.24, 2.45) is 0 Å². The predicted octanol–water partition coefficient (Wildman–Crippen LogP) is 3.83. The number of carbonyl (C=O) groups is 1. The molecule has 0 saturated heterocycles. The molecule has 25 heavy (non-hydrogen) atoms. The lowest BCUT2D eigenvalue weighted by molar-refractivity contribution is -0.143. The highest BCUT2D eigenvalue weighted by atomic mass is 19.4. The Kier molecular flexibility index (Phi) is 4.91. The van der Waals surface area contributed by atoms with Crippen LogP contribution in [-0.4, -0.2) is 22.2 Å². The molecule has 134 valence electrons. The van der Waals surface area contributed by atoms with Crippen LogP contribution in [0.2, 0.25) is 0 Å². The van der Waals surface area contributed by atoms with E-state index in [-0.39, 0.29) is 11.2 Å². The zero-order valence-corrected chi connectivity index (χ0v) is 12.4. The third-order valence-corrected chi connectivity index (χ3v) is 3.11. The van der Waals surface area contributed by atoms with E-state index in [0.717, 1.165) is 18.2 Å². The van der Waals surface area contributed by atoms with Crippen molar-refractivity contribution < 1.29 is 31.1 Å². The smallest absolute Gasteiger partial charge is 0.348 e. The highest BCUT2D eigenvalue weighted by Gasteiger charge is 2.41. The lowest BCUT2D eigenvalue weighted by Crippen LogP contribution is -2.26. The number of rotatable bonds is 4. The predicted molar refractivity (Wildman–Crippen MR) is 76.1 cm³/mol. The second kappa shape index (κ2) is 6.61. The molecule has 2 aromatic rings. The van der Waals surface area contributed by atoms with E-state index in [1.165, 1.54) is 6.08 Å². The third-order valence-electron chi connectivity index (χ3n) is 3.11. The molecule has 1 heterocycles. The zero-order chi connectivity index (χ0) is 18.8. The van der Waals surface area contributed by atoms with Crippen molar-refractivity contribution in [3.63, 3.8) is 0 Å². The van der Waals surface area contributed by atoms with Gasteiger partial charge in [0.1, 0.15) is 0 Å². The number of nitrogens with one attached hydrogen (secondary N) is 1. The van der Waals surface area contributed by atoms with Gasteiger partial charge in [0.25, 0.3) is 5.91 Å². The first kappa shape index (κ1) is 18.6. The highest BCUT2D eigenvalue weighted by molar-refractivity contribution is 5.95. The summed E-state index contributed by atoms with van der Waals surface area (Å²) < 4.78 is 78.6. The Balaban J connectivity index is 2.58. The maximum atomic E-state index is 13.4. The van der Waals surface area contributed by atoms with Crippen LogP contribution in [-0.2, 0) is 12.4 Å². The van der Waals surface area contributed by atoms with Gasteiger partial charge in [0.2, 0.25) is 0 Å². The van der Waals surface area contributed by atoms with Crippen LogP contribution in [0, 0.1) is 0 Å². The van der Waals surface area contributed by atoms with Crippen LogP contribution < -0.4 is 5.32 Å². The van der Waals surface area contributed by atoms with Gasteiger partial charge in [0, 0.05) is 6.54 Å². The average Bonchev–Trinajstić information content (AvgIpc) is 2.97. The number of alkyl halides is 6. The quantitative estimate of drug-likeness (QED) is 0.663. The first-order chi connectivity index (χ1) is 11.6. The fourth-order valence-corrected chi connectivity index (χ4v) is 2.06. The number of hydrogen-bond acceptors (Lipinski definition) is 2. The molecule has 0 atom stereocenters. The molecule has 0 spiro atoms. The lowest BCUT2D eigenvalue weighted by Gasteiger charge is -2.14. The highest BCUT2D eigenvalue weighted by Crippen LogP contribution is 2.35. The van der Waals surface area contributed by atoms with Crippen molar-refractivity contribution in [2.45, 2.75) is 12.4 Å². The van der Waals surface area contributed by atoms with E-state index in [9.17, 15) is 31.1 Å². The molecule has 2 rings (SSSR count). The van der Waals surface area contributed by atoms with Crippen molar-refractivity contribution in [3.8, 4) is 5.69 Å². The molecule has 0 saturated carbocycles. The van der Waals surface area contributed by atoms with E-state index in [1.807, 2.05) is 0 Å². The van der Waals surface area contributed by atoms with Crippen LogP contribution in [0.1, 0.15) is 21.6 Å². The number of hydrogen-bond donors (Lipinski definition) is 1. The summed E-state index contributed by atoms with van der Waals surface area (Å²) in [7, 11) is 0. The number of nitrogens with zero attached hydrogens (tertiary/aromatic N) is 2. The SMILES string of the molecule is C=CCNC(=O)c1cnn(-c2cccc(C(F)(F)F)c2)c1C(F)(F)F. The molecule has 4 nitrogen and oxygen atoms in total. The Morgan fingerprint density at radius 2 is 1.88 bits per heavy atom. The summed E-state index contributed by atoms with van der Waals surface area (Å²) in [5.41, 5.74) is -3.86. The first-order valence-electron chi connectivity index (χ1n) is 6.77. The molecule has 1 aromatic heterocycles. The van der Waals surface area contributed by atoms with Crippen molar-refractivity contribution in [1.29, 1.82) is 0 Å². The average molecular weight is 363 g/mol. The zero-order valence-electron chi connectivity index (χ0n) is 12.4. The number of carbonyl (C=O) groups excluding carboxylic acids is 1. The van der Waals surface area contributed by atoms with Crippen LogP contribution in [0.4, 0.5) is 26.3 Å². The second-order valence-electron chi connectivity index (χ2n) is 4.86. The fourth-order valence-electron chi connectivity index (χ4n) is 2.06. The molecule has 1 N–H and O–H groups in total. The van der Waals surface area contributed by atoms with E-state index in [2.05, 4.69) is 17.0 Å². The van der Waals surface area contributed by atoms with Crippen molar-refractivity contribution >= 4 is 5.91 Å². The van der Waals surface area contributed by atoms with Gasteiger partial charge in [-0.2, -0.15) is 31.4 Å². The molecule has 0 aliphatic rings. The Morgan fingerprint density at radius 3 is 2.44 bits per heavy atom. The minimum absolute atomic E-state index is 0.0785. The molecule has 1 amide bonds. The van der Waals surface area contributed by atoms with Crippen molar-refractivity contribution in [2.75, 3.05) is 6.54 Å². The van der Waals surface area contributed by atoms with Gasteiger partial charge in [-0.15, -0.1) is 6.58 Å². The number of halogens is 6. The third kappa shape index (κ3) is 4.01. The molecule has 0 fully saturated rings. The molecule has 1 aromatic carbocycles. The van der Waals surface area contributed by atoms with Crippen LogP contribution in [0.15, 0.2) is 43.1 Å². The van der Waals surface area contributed by atoms with E-state index >= 15 is 0 Å². The number of amides is 1. The van der Waals surface area contributed by atoms with E-state index in [0.29, 0.717) is 12.3 Å². The summed E-state index contributed by atoms with van der Waals surface area (Å²) in [5, 5.41) is 5.62. The van der Waals surface area contributed by atoms with Gasteiger partial charge in [-0.25, -0.2) is 4.68 Å². The summed E-state index contributed by atoms with van der Waals surface area (Å²) in [6, 6.07) is 3.23. The van der Waals surface area contributed by atoms with Gasteiger partial charge in [-0.1, -0.05) is 12.1 Å². The molecule has 0 aliphatic heterocycles. The minimum Gasteiger partial charge on any atom is -0.348 e. The Hall–Kier alpha value is -2.78. The molecule has 10 heteroatoms. The molecular weight excluding hydrogens is 352 g/mol. The van der Waals surface area contributed by atoms with Crippen LogP contribution in [0.3, 0.4) is 0 Å². The molecule has 0 aliphatic carbocycles. The monoisotopic (exact) mass is 363 g/mol. The summed E-state index contributed by atoms with van der Waals surface area (Å²) in [6.45, 7) is 3.24. The van der Waals surface area contributed by atoms with E-state index in [1.54, 1.807) is 0 Å². The summed E-state index contributed by atoms with van der Waals surface area (Å²) >= 11 is 0. The van der Waals surface area contributed by atoms with Gasteiger partial charge < -0.3 is 5.32 Å².